The van der Waals surface area contributed by atoms with E-state index in [0.29, 0.717) is 37.3 Å². The molecular weight excluding hydrogens is 508 g/mol. The van der Waals surface area contributed by atoms with Crippen LogP contribution < -0.4 is 14.9 Å². The summed E-state index contributed by atoms with van der Waals surface area (Å²) in [6, 6.07) is 12.3. The molecule has 1 aliphatic heterocycles. The number of fused-ring (bicyclic) bond motifs is 1. The second kappa shape index (κ2) is 11.2. The lowest BCUT2D eigenvalue weighted by Gasteiger charge is -2.24. The van der Waals surface area contributed by atoms with Gasteiger partial charge in [0, 0.05) is 0 Å². The molecule has 2 heterocycles. The molecule has 1 unspecified atom stereocenters. The van der Waals surface area contributed by atoms with Crippen molar-refractivity contribution in [3.8, 4) is 0 Å². The molecule has 0 N–H and O–H groups in total. The monoisotopic (exact) mass is 532 g/mol. The predicted molar refractivity (Wildman–Crippen MR) is 140 cm³/mol. The summed E-state index contributed by atoms with van der Waals surface area (Å²) in [6.45, 7) is 5.26. The zero-order chi connectivity index (χ0) is 27.4. The van der Waals surface area contributed by atoms with Gasteiger partial charge in [0.15, 0.2) is 4.80 Å². The second-order valence-electron chi connectivity index (χ2n) is 8.20. The van der Waals surface area contributed by atoms with Crippen LogP contribution in [0.25, 0.3) is 6.08 Å². The molecule has 2 aromatic carbocycles. The van der Waals surface area contributed by atoms with E-state index >= 15 is 0 Å². The Hall–Kier alpha value is -4.57. The number of benzene rings is 2. The lowest BCUT2D eigenvalue weighted by atomic mass is 9.95. The van der Waals surface area contributed by atoms with Crippen LogP contribution in [0.5, 0.6) is 0 Å². The molecule has 3 aromatic rings. The molecule has 38 heavy (non-hydrogen) atoms. The van der Waals surface area contributed by atoms with Gasteiger partial charge in [-0.2, -0.15) is 0 Å². The van der Waals surface area contributed by atoms with E-state index in [-0.39, 0.29) is 17.7 Å². The van der Waals surface area contributed by atoms with Gasteiger partial charge in [-0.25, -0.2) is 19.4 Å². The Morgan fingerprint density at radius 2 is 1.55 bits per heavy atom. The lowest BCUT2D eigenvalue weighted by Crippen LogP contribution is -2.40. The van der Waals surface area contributed by atoms with Gasteiger partial charge in [0.2, 0.25) is 0 Å². The summed E-state index contributed by atoms with van der Waals surface area (Å²) in [5.74, 6) is -1.59. The fourth-order valence-corrected chi connectivity index (χ4v) is 5.06. The van der Waals surface area contributed by atoms with Crippen LogP contribution in [-0.4, -0.2) is 43.3 Å². The van der Waals surface area contributed by atoms with Gasteiger partial charge in [-0.05, 0) is 48.4 Å². The first-order chi connectivity index (χ1) is 18.3. The van der Waals surface area contributed by atoms with Crippen molar-refractivity contribution in [2.24, 2.45) is 4.99 Å². The number of allylic oxidation sites excluding steroid dienone is 1. The molecule has 0 saturated heterocycles. The van der Waals surface area contributed by atoms with Crippen molar-refractivity contribution in [3.63, 3.8) is 0 Å². The smallest absolute Gasteiger partial charge is 0.338 e. The molecule has 0 spiro atoms. The molecule has 0 bridgehead atoms. The van der Waals surface area contributed by atoms with E-state index in [4.69, 9.17) is 14.2 Å². The van der Waals surface area contributed by atoms with Gasteiger partial charge in [-0.15, -0.1) is 0 Å². The molecular formula is C28H24N2O7S. The number of hydrogen-bond donors (Lipinski definition) is 0. The first kappa shape index (κ1) is 26.5. The zero-order valence-corrected chi connectivity index (χ0v) is 21.7. The summed E-state index contributed by atoms with van der Waals surface area (Å²) in [5.41, 5.74) is 2.27. The Labute approximate surface area is 221 Å². The third kappa shape index (κ3) is 5.12. The minimum atomic E-state index is -0.834. The average Bonchev–Trinajstić information content (AvgIpc) is 3.24. The number of ether oxygens (including phenoxy) is 3. The summed E-state index contributed by atoms with van der Waals surface area (Å²) in [5, 5.41) is 0. The standard InChI is InChI=1S/C28H24N2O7S/c1-5-14-37-27(34)22-16(2)29-28-30(23(22)18-10-12-20(13-11-18)26(33)36-4)24(31)21(38-28)15-17-6-8-19(9-7-17)25(32)35-3/h5-13,15,23H,1,14H2,2-4H3. The maximum Gasteiger partial charge on any atom is 0.338 e. The molecule has 1 aromatic heterocycles. The number of nitrogens with zero attached hydrogens (tertiary/aromatic N) is 2. The number of hydrogen-bond acceptors (Lipinski definition) is 9. The number of rotatable bonds is 7. The van der Waals surface area contributed by atoms with Crippen LogP contribution in [0.1, 0.15) is 44.8 Å². The zero-order valence-electron chi connectivity index (χ0n) is 20.9. The van der Waals surface area contributed by atoms with Crippen LogP contribution in [-0.2, 0) is 19.0 Å². The van der Waals surface area contributed by atoms with E-state index in [1.807, 2.05) is 0 Å². The Morgan fingerprint density at radius 1 is 0.974 bits per heavy atom. The van der Waals surface area contributed by atoms with Crippen molar-refractivity contribution in [2.45, 2.75) is 13.0 Å². The number of aromatic nitrogens is 1. The van der Waals surface area contributed by atoms with Crippen LogP contribution in [0, 0.1) is 0 Å². The normalized spacial score (nSPS) is 14.8. The van der Waals surface area contributed by atoms with Crippen LogP contribution in [0.15, 0.2) is 82.2 Å². The van der Waals surface area contributed by atoms with Gasteiger partial charge in [0.25, 0.3) is 5.56 Å². The van der Waals surface area contributed by atoms with Gasteiger partial charge < -0.3 is 14.2 Å². The molecule has 10 heteroatoms. The van der Waals surface area contributed by atoms with E-state index in [1.165, 1.54) is 36.2 Å². The van der Waals surface area contributed by atoms with Gasteiger partial charge in [0.05, 0.1) is 47.2 Å². The number of esters is 3. The van der Waals surface area contributed by atoms with Gasteiger partial charge in [-0.3, -0.25) is 9.36 Å². The average molecular weight is 533 g/mol. The highest BCUT2D eigenvalue weighted by molar-refractivity contribution is 7.07. The minimum absolute atomic E-state index is 0.00436. The topological polar surface area (TPSA) is 113 Å². The number of methoxy groups -OCH3 is 2. The van der Waals surface area contributed by atoms with Crippen molar-refractivity contribution in [1.82, 2.24) is 4.57 Å². The fraction of sp³-hybridized carbons (Fsp3) is 0.179. The largest absolute Gasteiger partial charge is 0.465 e. The molecule has 0 radical (unpaired) electrons. The molecule has 0 aliphatic carbocycles. The maximum atomic E-state index is 13.7. The summed E-state index contributed by atoms with van der Waals surface area (Å²) in [7, 11) is 2.59. The van der Waals surface area contributed by atoms with Crippen molar-refractivity contribution in [3.05, 3.63) is 114 Å². The fourth-order valence-electron chi connectivity index (χ4n) is 4.01. The Morgan fingerprint density at radius 3 is 2.11 bits per heavy atom. The summed E-state index contributed by atoms with van der Waals surface area (Å²) >= 11 is 1.18. The predicted octanol–water partition coefficient (Wildman–Crippen LogP) is 2.54. The van der Waals surface area contributed by atoms with Gasteiger partial charge >= 0.3 is 17.9 Å². The van der Waals surface area contributed by atoms with E-state index in [2.05, 4.69) is 11.6 Å². The molecule has 9 nitrogen and oxygen atoms in total. The van der Waals surface area contributed by atoms with Gasteiger partial charge in [-0.1, -0.05) is 48.3 Å². The number of carbonyl (C=O) groups is 3. The maximum absolute atomic E-state index is 13.7. The lowest BCUT2D eigenvalue weighted by molar-refractivity contribution is -0.138. The van der Waals surface area contributed by atoms with E-state index < -0.39 is 23.9 Å². The third-order valence-electron chi connectivity index (χ3n) is 5.85. The SMILES string of the molecule is C=CCOC(=O)C1=C(C)N=c2sc(=Cc3ccc(C(=O)OC)cc3)c(=O)n2C1c1ccc(C(=O)OC)cc1. The first-order valence-electron chi connectivity index (χ1n) is 11.5. The molecule has 194 valence electrons. The van der Waals surface area contributed by atoms with Crippen LogP contribution >= 0.6 is 11.3 Å². The Bertz CT molecular complexity index is 1630. The van der Waals surface area contributed by atoms with Crippen molar-refractivity contribution < 1.29 is 28.6 Å². The Balaban J connectivity index is 1.86. The van der Waals surface area contributed by atoms with Crippen LogP contribution in [0.2, 0.25) is 0 Å². The quantitative estimate of drug-likeness (QED) is 0.261. The highest BCUT2D eigenvalue weighted by atomic mass is 32.1. The van der Waals surface area contributed by atoms with E-state index in [1.54, 1.807) is 61.5 Å². The number of thiazole rings is 1. The first-order valence-corrected chi connectivity index (χ1v) is 12.3. The molecule has 1 atom stereocenters. The summed E-state index contributed by atoms with van der Waals surface area (Å²) in [6.07, 6.45) is 3.14. The number of carbonyl (C=O) groups excluding carboxylic acids is 3. The van der Waals surface area contributed by atoms with E-state index in [9.17, 15) is 19.2 Å². The minimum Gasteiger partial charge on any atom is -0.465 e. The van der Waals surface area contributed by atoms with Crippen molar-refractivity contribution >= 4 is 35.3 Å². The van der Waals surface area contributed by atoms with Crippen LogP contribution in [0.4, 0.5) is 0 Å². The van der Waals surface area contributed by atoms with E-state index in [0.717, 1.165) is 0 Å². The molecule has 1 aliphatic rings. The molecule has 0 saturated carbocycles. The Kier molecular flexibility index (Phi) is 7.82. The van der Waals surface area contributed by atoms with Crippen molar-refractivity contribution in [1.29, 1.82) is 0 Å². The third-order valence-corrected chi connectivity index (χ3v) is 6.83. The van der Waals surface area contributed by atoms with Crippen molar-refractivity contribution in [2.75, 3.05) is 20.8 Å². The highest BCUT2D eigenvalue weighted by Crippen LogP contribution is 2.31. The van der Waals surface area contributed by atoms with Gasteiger partial charge in [0.1, 0.15) is 6.61 Å². The molecule has 0 fully saturated rings. The second-order valence-corrected chi connectivity index (χ2v) is 9.21. The van der Waals surface area contributed by atoms with Crippen LogP contribution in [0.3, 0.4) is 0 Å². The summed E-state index contributed by atoms with van der Waals surface area (Å²) < 4.78 is 16.7. The highest BCUT2D eigenvalue weighted by Gasteiger charge is 2.33. The molecule has 0 amide bonds. The molecule has 4 rings (SSSR count). The summed E-state index contributed by atoms with van der Waals surface area (Å²) in [4.78, 5) is 55.4.